The third kappa shape index (κ3) is 6.62. The van der Waals surface area contributed by atoms with Gasteiger partial charge in [-0.2, -0.15) is 0 Å². The Morgan fingerprint density at radius 2 is 1.86 bits per heavy atom. The molecule has 0 fully saturated rings. The zero-order chi connectivity index (χ0) is 15.0. The number of hydrogen-bond donors (Lipinski definition) is 0. The Morgan fingerprint density at radius 1 is 1.24 bits per heavy atom. The van der Waals surface area contributed by atoms with Crippen LogP contribution < -0.4 is 39.4 Å². The van der Waals surface area contributed by atoms with Crippen LogP contribution in [0.4, 0.5) is 0 Å². The van der Waals surface area contributed by atoms with E-state index in [1.54, 1.807) is 31.2 Å². The quantitative estimate of drug-likeness (QED) is 0.155. The number of esters is 1. The van der Waals surface area contributed by atoms with Gasteiger partial charge in [-0.05, 0) is 43.0 Å². The first-order valence-corrected chi connectivity index (χ1v) is 5.99. The van der Waals surface area contributed by atoms with Crippen molar-refractivity contribution in [2.45, 2.75) is 6.92 Å². The summed E-state index contributed by atoms with van der Waals surface area (Å²) >= 11 is 0. The van der Waals surface area contributed by atoms with Gasteiger partial charge in [0.15, 0.2) is 5.78 Å². The minimum atomic E-state index is -0.936. The minimum Gasteiger partial charge on any atom is -0.868 e. The van der Waals surface area contributed by atoms with E-state index in [1.165, 1.54) is 19.3 Å². The van der Waals surface area contributed by atoms with Gasteiger partial charge in [-0.15, -0.1) is 0 Å². The molecule has 0 aliphatic heterocycles. The summed E-state index contributed by atoms with van der Waals surface area (Å²) in [4.78, 5) is 22.8. The number of allylic oxidation sites excluding steroid dienone is 3. The van der Waals surface area contributed by atoms with Gasteiger partial charge in [0, 0.05) is 5.56 Å². The molecule has 0 N–H and O–H groups in total. The van der Waals surface area contributed by atoms with E-state index in [9.17, 15) is 14.7 Å². The molecule has 0 aliphatic rings. The molecule has 0 saturated carbocycles. The van der Waals surface area contributed by atoms with E-state index in [-0.39, 0.29) is 41.9 Å². The Labute approximate surface area is 145 Å². The van der Waals surface area contributed by atoms with Crippen molar-refractivity contribution in [3.63, 3.8) is 0 Å². The molecule has 106 valence electrons. The van der Waals surface area contributed by atoms with E-state index in [0.717, 1.165) is 6.08 Å². The standard InChI is InChI=1S/C15H16O5.Na/c1-3-20-15(18)14(17)6-4-5-13(16)11-7-9-12(19-2)10-8-11;/h4-10,17H,3H2,1-2H3;/q;+1/p-1/b5-4+,14-6-;. The summed E-state index contributed by atoms with van der Waals surface area (Å²) in [5, 5.41) is 11.2. The molecular formula is C15H15NaO5. The number of methoxy groups -OCH3 is 1. The van der Waals surface area contributed by atoms with Crippen LogP contribution >= 0.6 is 0 Å². The Hall–Kier alpha value is -1.56. The molecule has 0 unspecified atom stereocenters. The molecule has 1 aromatic carbocycles. The molecule has 21 heavy (non-hydrogen) atoms. The first-order valence-electron chi connectivity index (χ1n) is 5.99. The third-order valence-corrected chi connectivity index (χ3v) is 2.35. The van der Waals surface area contributed by atoms with Crippen LogP contribution in [-0.2, 0) is 9.53 Å². The van der Waals surface area contributed by atoms with Crippen molar-refractivity contribution in [2.24, 2.45) is 0 Å². The predicted molar refractivity (Wildman–Crippen MR) is 71.2 cm³/mol. The van der Waals surface area contributed by atoms with Gasteiger partial charge >= 0.3 is 35.5 Å². The summed E-state index contributed by atoms with van der Waals surface area (Å²) in [6, 6.07) is 6.54. The van der Waals surface area contributed by atoms with Crippen LogP contribution in [0.5, 0.6) is 5.75 Å². The molecule has 0 spiro atoms. The van der Waals surface area contributed by atoms with Crippen molar-refractivity contribution >= 4 is 11.8 Å². The molecule has 1 rings (SSSR count). The molecule has 6 heteroatoms. The summed E-state index contributed by atoms with van der Waals surface area (Å²) in [5.74, 6) is -1.37. The van der Waals surface area contributed by atoms with Crippen molar-refractivity contribution in [3.05, 3.63) is 53.8 Å². The zero-order valence-corrected chi connectivity index (χ0v) is 14.3. The summed E-state index contributed by atoms with van der Waals surface area (Å²) in [6.45, 7) is 1.74. The summed E-state index contributed by atoms with van der Waals surface area (Å²) < 4.78 is 9.50. The Kier molecular flexibility index (Phi) is 9.45. The van der Waals surface area contributed by atoms with E-state index >= 15 is 0 Å². The molecule has 0 bridgehead atoms. The van der Waals surface area contributed by atoms with Gasteiger partial charge in [-0.1, -0.05) is 12.2 Å². The van der Waals surface area contributed by atoms with Crippen molar-refractivity contribution in [3.8, 4) is 5.75 Å². The fraction of sp³-hybridized carbons (Fsp3) is 0.200. The molecule has 0 aromatic heterocycles. The summed E-state index contributed by atoms with van der Waals surface area (Å²) in [5.41, 5.74) is 0.457. The van der Waals surface area contributed by atoms with Crippen molar-refractivity contribution in [1.29, 1.82) is 0 Å². The van der Waals surface area contributed by atoms with Crippen LogP contribution in [0.25, 0.3) is 0 Å². The third-order valence-electron chi connectivity index (χ3n) is 2.35. The molecule has 5 nitrogen and oxygen atoms in total. The summed E-state index contributed by atoms with van der Waals surface area (Å²) in [7, 11) is 1.53. The van der Waals surface area contributed by atoms with Gasteiger partial charge in [-0.25, -0.2) is 4.79 Å². The van der Waals surface area contributed by atoms with E-state index < -0.39 is 11.7 Å². The maximum Gasteiger partial charge on any atom is 1.00 e. The second kappa shape index (κ2) is 10.2. The molecule has 0 atom stereocenters. The first kappa shape index (κ1) is 19.4. The van der Waals surface area contributed by atoms with Gasteiger partial charge in [0.05, 0.1) is 13.7 Å². The molecule has 1 aromatic rings. The first-order chi connectivity index (χ1) is 9.58. The second-order valence-corrected chi connectivity index (χ2v) is 3.70. The predicted octanol–water partition coefficient (Wildman–Crippen LogP) is -1.75. The van der Waals surface area contributed by atoms with Crippen LogP contribution in [0.15, 0.2) is 48.3 Å². The molecule has 0 aliphatic carbocycles. The maximum absolute atomic E-state index is 11.7. The molecular weight excluding hydrogens is 283 g/mol. The number of ketones is 1. The van der Waals surface area contributed by atoms with Gasteiger partial charge in [-0.3, -0.25) is 4.79 Å². The second-order valence-electron chi connectivity index (χ2n) is 3.70. The van der Waals surface area contributed by atoms with Crippen LogP contribution in [0.3, 0.4) is 0 Å². The minimum absolute atomic E-state index is 0. The van der Waals surface area contributed by atoms with E-state index in [2.05, 4.69) is 4.74 Å². The van der Waals surface area contributed by atoms with Crippen LogP contribution in [0.2, 0.25) is 0 Å². The number of carbonyl (C=O) groups excluding carboxylic acids is 2. The summed E-state index contributed by atoms with van der Waals surface area (Å²) in [6.07, 6.45) is 3.43. The fourth-order valence-corrected chi connectivity index (χ4v) is 1.34. The smallest absolute Gasteiger partial charge is 0.868 e. The van der Waals surface area contributed by atoms with Gasteiger partial charge in [0.25, 0.3) is 0 Å². The van der Waals surface area contributed by atoms with Crippen molar-refractivity contribution in [2.75, 3.05) is 13.7 Å². The SMILES string of the molecule is CCOC(=O)/C([O-])=C/C=C/C(=O)c1ccc(OC)cc1.[Na+]. The van der Waals surface area contributed by atoms with E-state index in [1.807, 2.05) is 0 Å². The number of hydrogen-bond acceptors (Lipinski definition) is 5. The number of ether oxygens (including phenoxy) is 2. The van der Waals surface area contributed by atoms with Crippen molar-refractivity contribution in [1.82, 2.24) is 0 Å². The average Bonchev–Trinajstić information content (AvgIpc) is 2.47. The Balaban J connectivity index is 0.00000400. The largest absolute Gasteiger partial charge is 1.00 e. The number of carbonyl (C=O) groups is 2. The molecule has 0 amide bonds. The topological polar surface area (TPSA) is 75.7 Å². The van der Waals surface area contributed by atoms with Crippen molar-refractivity contribution < 1.29 is 53.7 Å². The van der Waals surface area contributed by atoms with Gasteiger partial charge in [0.2, 0.25) is 0 Å². The number of rotatable bonds is 6. The molecule has 0 saturated heterocycles. The number of benzene rings is 1. The Morgan fingerprint density at radius 3 is 2.38 bits per heavy atom. The zero-order valence-electron chi connectivity index (χ0n) is 12.3. The normalized spacial score (nSPS) is 10.9. The van der Waals surface area contributed by atoms with E-state index in [4.69, 9.17) is 4.74 Å². The monoisotopic (exact) mass is 298 g/mol. The van der Waals surface area contributed by atoms with Crippen LogP contribution in [0, 0.1) is 0 Å². The fourth-order valence-electron chi connectivity index (χ4n) is 1.34. The van der Waals surface area contributed by atoms with Crippen LogP contribution in [0.1, 0.15) is 17.3 Å². The maximum atomic E-state index is 11.7. The van der Waals surface area contributed by atoms with Crippen LogP contribution in [-0.4, -0.2) is 25.5 Å². The van der Waals surface area contributed by atoms with Gasteiger partial charge < -0.3 is 14.6 Å². The van der Waals surface area contributed by atoms with E-state index in [0.29, 0.717) is 11.3 Å². The Bertz CT molecular complexity index is 531. The van der Waals surface area contributed by atoms with Gasteiger partial charge in [0.1, 0.15) is 5.75 Å². The molecule has 0 radical (unpaired) electrons. The average molecular weight is 298 g/mol. The molecule has 0 heterocycles.